The van der Waals surface area contributed by atoms with E-state index in [1.807, 2.05) is 13.8 Å². The van der Waals surface area contributed by atoms with Crippen LogP contribution >= 0.6 is 0 Å². The van der Waals surface area contributed by atoms with Crippen LogP contribution in [0.5, 0.6) is 11.5 Å². The number of ether oxygens (including phenoxy) is 2. The lowest BCUT2D eigenvalue weighted by molar-refractivity contribution is -0.120. The Labute approximate surface area is 177 Å². The van der Waals surface area contributed by atoms with Crippen molar-refractivity contribution >= 4 is 21.6 Å². The van der Waals surface area contributed by atoms with Crippen molar-refractivity contribution in [3.05, 3.63) is 30.7 Å². The molecule has 1 aliphatic heterocycles. The van der Waals surface area contributed by atoms with E-state index in [0.717, 1.165) is 0 Å². The lowest BCUT2D eigenvalue weighted by atomic mass is 9.97. The molecule has 2 heterocycles. The maximum atomic E-state index is 12.9. The van der Waals surface area contributed by atoms with E-state index >= 15 is 0 Å². The Morgan fingerprint density at radius 1 is 1.20 bits per heavy atom. The molecule has 0 radical (unpaired) electrons. The van der Waals surface area contributed by atoms with Gasteiger partial charge in [0, 0.05) is 37.3 Å². The van der Waals surface area contributed by atoms with Gasteiger partial charge in [-0.1, -0.05) is 0 Å². The predicted molar refractivity (Wildman–Crippen MR) is 112 cm³/mol. The summed E-state index contributed by atoms with van der Waals surface area (Å²) in [7, 11) is -0.591. The van der Waals surface area contributed by atoms with Crippen LogP contribution < -0.4 is 14.8 Å². The van der Waals surface area contributed by atoms with E-state index in [1.165, 1.54) is 17.7 Å². The smallest absolute Gasteiger partial charge is 0.262 e. The van der Waals surface area contributed by atoms with Gasteiger partial charge in [0.05, 0.1) is 26.2 Å². The average molecular weight is 437 g/mol. The van der Waals surface area contributed by atoms with Gasteiger partial charge in [-0.15, -0.1) is 0 Å². The van der Waals surface area contributed by atoms with Crippen molar-refractivity contribution in [2.24, 2.45) is 5.92 Å². The summed E-state index contributed by atoms with van der Waals surface area (Å²) in [5, 5.41) is 2.92. The number of aromatic nitrogens is 2. The Morgan fingerprint density at radius 2 is 1.90 bits per heavy atom. The SMILES string of the molecule is COc1ccc(OC)c(NC(=O)C2CCN(S(=O)(=O)c3cn(C(C)C)cn3)CC2)c1. The zero-order valence-electron chi connectivity index (χ0n) is 17.7. The number of piperidine rings is 1. The third kappa shape index (κ3) is 4.59. The van der Waals surface area contributed by atoms with E-state index in [2.05, 4.69) is 10.3 Å². The predicted octanol–water partition coefficient (Wildman–Crippen LogP) is 2.52. The van der Waals surface area contributed by atoms with Crippen LogP contribution in [0.4, 0.5) is 5.69 Å². The topological polar surface area (TPSA) is 103 Å². The molecule has 1 aromatic heterocycles. The molecule has 1 amide bonds. The molecule has 1 fully saturated rings. The second kappa shape index (κ2) is 9.05. The van der Waals surface area contributed by atoms with Gasteiger partial charge in [0.25, 0.3) is 10.0 Å². The van der Waals surface area contributed by atoms with Crippen molar-refractivity contribution in [3.63, 3.8) is 0 Å². The van der Waals surface area contributed by atoms with Crippen LogP contribution in [-0.4, -0.2) is 55.5 Å². The summed E-state index contributed by atoms with van der Waals surface area (Å²) in [6, 6.07) is 5.30. The Kier molecular flexibility index (Phi) is 6.67. The molecule has 1 aromatic carbocycles. The second-order valence-electron chi connectivity index (χ2n) is 7.49. The lowest BCUT2D eigenvalue weighted by Gasteiger charge is -2.30. The number of amides is 1. The number of rotatable bonds is 7. The van der Waals surface area contributed by atoms with Crippen LogP contribution in [0.15, 0.2) is 35.7 Å². The molecule has 0 aliphatic carbocycles. The minimum Gasteiger partial charge on any atom is -0.497 e. The van der Waals surface area contributed by atoms with Gasteiger partial charge in [-0.3, -0.25) is 4.79 Å². The molecule has 164 valence electrons. The fourth-order valence-corrected chi connectivity index (χ4v) is 4.76. The van der Waals surface area contributed by atoms with Crippen molar-refractivity contribution in [1.82, 2.24) is 13.9 Å². The first-order valence-corrected chi connectivity index (χ1v) is 11.3. The number of sulfonamides is 1. The minimum atomic E-state index is -3.67. The van der Waals surface area contributed by atoms with Crippen LogP contribution in [0.25, 0.3) is 0 Å². The summed E-state index contributed by atoms with van der Waals surface area (Å²) in [5.41, 5.74) is 0.524. The number of nitrogens with one attached hydrogen (secondary N) is 1. The normalized spacial score (nSPS) is 15.9. The van der Waals surface area contributed by atoms with Crippen LogP contribution in [0, 0.1) is 5.92 Å². The molecule has 9 nitrogen and oxygen atoms in total. The van der Waals surface area contributed by atoms with E-state index < -0.39 is 10.0 Å². The molecular weight excluding hydrogens is 408 g/mol. The number of nitrogens with zero attached hydrogens (tertiary/aromatic N) is 3. The van der Waals surface area contributed by atoms with Crippen molar-refractivity contribution < 1.29 is 22.7 Å². The van der Waals surface area contributed by atoms with E-state index in [0.29, 0.717) is 30.0 Å². The highest BCUT2D eigenvalue weighted by atomic mass is 32.2. The Hall–Kier alpha value is -2.59. The highest BCUT2D eigenvalue weighted by Gasteiger charge is 2.33. The summed E-state index contributed by atoms with van der Waals surface area (Å²) in [6.07, 6.45) is 3.94. The second-order valence-corrected chi connectivity index (χ2v) is 9.37. The maximum absolute atomic E-state index is 12.9. The summed E-state index contributed by atoms with van der Waals surface area (Å²) in [5.74, 6) is 0.681. The van der Waals surface area contributed by atoms with Gasteiger partial charge in [-0.2, -0.15) is 4.31 Å². The van der Waals surface area contributed by atoms with Gasteiger partial charge in [0.15, 0.2) is 5.03 Å². The molecule has 2 aromatic rings. The Bertz CT molecular complexity index is 994. The number of hydrogen-bond donors (Lipinski definition) is 1. The number of anilines is 1. The van der Waals surface area contributed by atoms with Gasteiger partial charge in [0.1, 0.15) is 11.5 Å². The molecule has 0 spiro atoms. The van der Waals surface area contributed by atoms with Crippen molar-refractivity contribution in [1.29, 1.82) is 0 Å². The summed E-state index contributed by atoms with van der Waals surface area (Å²) in [6.45, 7) is 4.45. The first-order valence-electron chi connectivity index (χ1n) is 9.82. The van der Waals surface area contributed by atoms with Crippen LogP contribution in [0.3, 0.4) is 0 Å². The van der Waals surface area contributed by atoms with E-state index in [1.54, 1.807) is 36.1 Å². The molecule has 0 bridgehead atoms. The van der Waals surface area contributed by atoms with E-state index in [-0.39, 0.29) is 36.0 Å². The quantitative estimate of drug-likeness (QED) is 0.715. The molecular formula is C20H28N4O5S. The zero-order valence-corrected chi connectivity index (χ0v) is 18.5. The van der Waals surface area contributed by atoms with Crippen molar-refractivity contribution in [3.8, 4) is 11.5 Å². The average Bonchev–Trinajstić information content (AvgIpc) is 3.25. The number of imidazole rings is 1. The van der Waals surface area contributed by atoms with Crippen LogP contribution in [0.1, 0.15) is 32.7 Å². The Morgan fingerprint density at radius 3 is 2.47 bits per heavy atom. The number of carbonyl (C=O) groups excluding carboxylic acids is 1. The molecule has 30 heavy (non-hydrogen) atoms. The van der Waals surface area contributed by atoms with Crippen LogP contribution in [0.2, 0.25) is 0 Å². The molecule has 0 unspecified atom stereocenters. The summed E-state index contributed by atoms with van der Waals surface area (Å²) >= 11 is 0. The fourth-order valence-electron chi connectivity index (χ4n) is 3.37. The lowest BCUT2D eigenvalue weighted by Crippen LogP contribution is -2.41. The standard InChI is InChI=1S/C20H28N4O5S/c1-14(2)23-12-19(21-13-23)30(26,27)24-9-7-15(8-10-24)20(25)22-17-11-16(28-3)5-6-18(17)29-4/h5-6,11-15H,7-10H2,1-4H3,(H,22,25). The first kappa shape index (κ1) is 22.1. The molecule has 1 saturated heterocycles. The molecule has 10 heteroatoms. The minimum absolute atomic E-state index is 0.0419. The highest BCUT2D eigenvalue weighted by molar-refractivity contribution is 7.89. The zero-order chi connectivity index (χ0) is 21.9. The third-order valence-electron chi connectivity index (χ3n) is 5.27. The van der Waals surface area contributed by atoms with Crippen LogP contribution in [-0.2, 0) is 14.8 Å². The first-order chi connectivity index (χ1) is 14.3. The van der Waals surface area contributed by atoms with Gasteiger partial charge in [-0.05, 0) is 38.8 Å². The van der Waals surface area contributed by atoms with Gasteiger partial charge < -0.3 is 19.4 Å². The Balaban J connectivity index is 1.64. The largest absolute Gasteiger partial charge is 0.497 e. The molecule has 1 aliphatic rings. The van der Waals surface area contributed by atoms with E-state index in [4.69, 9.17) is 9.47 Å². The van der Waals surface area contributed by atoms with Gasteiger partial charge >= 0.3 is 0 Å². The summed E-state index contributed by atoms with van der Waals surface area (Å²) < 4.78 is 39.4. The fraction of sp³-hybridized carbons (Fsp3) is 0.500. The number of benzene rings is 1. The van der Waals surface area contributed by atoms with Crippen molar-refractivity contribution in [2.45, 2.75) is 37.8 Å². The molecule has 3 rings (SSSR count). The molecule has 0 saturated carbocycles. The number of methoxy groups -OCH3 is 2. The summed E-state index contributed by atoms with van der Waals surface area (Å²) in [4.78, 5) is 16.8. The monoisotopic (exact) mass is 436 g/mol. The molecule has 0 atom stereocenters. The number of carbonyl (C=O) groups is 1. The third-order valence-corrected chi connectivity index (χ3v) is 7.05. The van der Waals surface area contributed by atoms with Gasteiger partial charge in [-0.25, -0.2) is 13.4 Å². The highest BCUT2D eigenvalue weighted by Crippen LogP contribution is 2.31. The number of hydrogen-bond acceptors (Lipinski definition) is 6. The van der Waals surface area contributed by atoms with Crippen molar-refractivity contribution in [2.75, 3.05) is 32.6 Å². The van der Waals surface area contributed by atoms with Gasteiger partial charge in [0.2, 0.25) is 5.91 Å². The van der Waals surface area contributed by atoms with E-state index in [9.17, 15) is 13.2 Å². The maximum Gasteiger partial charge on any atom is 0.262 e. The molecule has 1 N–H and O–H groups in total.